The molecule has 0 spiro atoms. The van der Waals surface area contributed by atoms with Crippen LogP contribution < -0.4 is 5.32 Å². The standard InChI is InChI=1S/C13H11N3OS/c1-9-8-18-13(15-9)11(7-14)12(17)16-10-5-3-2-4-6-10/h2-6,8,11H,1H3,(H,16,17)/t11-/m1/s1. The molecule has 1 heterocycles. The van der Waals surface area contributed by atoms with Crippen molar-refractivity contribution in [2.75, 3.05) is 5.32 Å². The first-order valence-electron chi connectivity index (χ1n) is 5.38. The van der Waals surface area contributed by atoms with E-state index in [0.717, 1.165) is 5.69 Å². The lowest BCUT2D eigenvalue weighted by Gasteiger charge is -2.07. The van der Waals surface area contributed by atoms with Gasteiger partial charge >= 0.3 is 0 Å². The Kier molecular flexibility index (Phi) is 3.70. The first-order chi connectivity index (χ1) is 8.70. The number of rotatable bonds is 3. The van der Waals surface area contributed by atoms with Crippen molar-refractivity contribution in [1.82, 2.24) is 4.98 Å². The van der Waals surface area contributed by atoms with Gasteiger partial charge in [-0.3, -0.25) is 4.79 Å². The molecule has 0 fully saturated rings. The van der Waals surface area contributed by atoms with Crippen LogP contribution in [0.5, 0.6) is 0 Å². The number of nitrogens with zero attached hydrogens (tertiary/aromatic N) is 2. The van der Waals surface area contributed by atoms with Crippen molar-refractivity contribution in [3.63, 3.8) is 0 Å². The average molecular weight is 257 g/mol. The molecule has 0 unspecified atom stereocenters. The van der Waals surface area contributed by atoms with Crippen molar-refractivity contribution >= 4 is 22.9 Å². The van der Waals surface area contributed by atoms with E-state index in [2.05, 4.69) is 10.3 Å². The molecule has 90 valence electrons. The van der Waals surface area contributed by atoms with Crippen LogP contribution in [-0.4, -0.2) is 10.9 Å². The Morgan fingerprint density at radius 2 is 2.17 bits per heavy atom. The fraction of sp³-hybridized carbons (Fsp3) is 0.154. The molecule has 0 aliphatic heterocycles. The van der Waals surface area contributed by atoms with Gasteiger partial charge in [-0.15, -0.1) is 11.3 Å². The lowest BCUT2D eigenvalue weighted by molar-refractivity contribution is -0.116. The number of hydrogen-bond donors (Lipinski definition) is 1. The van der Waals surface area contributed by atoms with Crippen LogP contribution >= 0.6 is 11.3 Å². The summed E-state index contributed by atoms with van der Waals surface area (Å²) >= 11 is 1.33. The molecule has 1 aromatic heterocycles. The molecule has 5 heteroatoms. The molecule has 0 aliphatic carbocycles. The second kappa shape index (κ2) is 5.43. The fourth-order valence-corrected chi connectivity index (χ4v) is 2.30. The fourth-order valence-electron chi connectivity index (χ4n) is 1.47. The Bertz CT molecular complexity index is 586. The molecule has 0 bridgehead atoms. The van der Waals surface area contributed by atoms with E-state index in [-0.39, 0.29) is 5.91 Å². The summed E-state index contributed by atoms with van der Waals surface area (Å²) in [5.41, 5.74) is 1.50. The van der Waals surface area contributed by atoms with Gasteiger partial charge in [0, 0.05) is 16.8 Å². The van der Waals surface area contributed by atoms with E-state index in [1.165, 1.54) is 11.3 Å². The zero-order valence-corrected chi connectivity index (χ0v) is 10.6. The number of carbonyl (C=O) groups excluding carboxylic acids is 1. The highest BCUT2D eigenvalue weighted by Gasteiger charge is 2.23. The SMILES string of the molecule is Cc1csc([C@H](C#N)C(=O)Nc2ccccc2)n1. The van der Waals surface area contributed by atoms with Crippen LogP contribution in [0.4, 0.5) is 5.69 Å². The van der Waals surface area contributed by atoms with Crippen LogP contribution in [0.1, 0.15) is 16.6 Å². The third-order valence-electron chi connectivity index (χ3n) is 2.32. The summed E-state index contributed by atoms with van der Waals surface area (Å²) < 4.78 is 0. The minimum Gasteiger partial charge on any atom is -0.325 e. The molecule has 0 saturated carbocycles. The summed E-state index contributed by atoms with van der Waals surface area (Å²) in [5.74, 6) is -1.21. The molecule has 1 atom stereocenters. The Labute approximate surface area is 109 Å². The topological polar surface area (TPSA) is 65.8 Å². The maximum atomic E-state index is 12.0. The maximum absolute atomic E-state index is 12.0. The predicted molar refractivity (Wildman–Crippen MR) is 70.3 cm³/mol. The molecule has 0 aliphatic rings. The van der Waals surface area contributed by atoms with Gasteiger partial charge in [0.25, 0.3) is 0 Å². The number of benzene rings is 1. The van der Waals surface area contributed by atoms with E-state index in [1.807, 2.05) is 36.6 Å². The second-order valence-corrected chi connectivity index (χ2v) is 4.63. The van der Waals surface area contributed by atoms with Gasteiger partial charge in [-0.2, -0.15) is 5.26 Å². The van der Waals surface area contributed by atoms with Gasteiger partial charge in [0.1, 0.15) is 5.01 Å². The Morgan fingerprint density at radius 1 is 1.44 bits per heavy atom. The number of para-hydroxylation sites is 1. The van der Waals surface area contributed by atoms with Crippen molar-refractivity contribution in [3.8, 4) is 6.07 Å². The van der Waals surface area contributed by atoms with E-state index < -0.39 is 5.92 Å². The molecule has 2 aromatic rings. The quantitative estimate of drug-likeness (QED) is 0.919. The van der Waals surface area contributed by atoms with Crippen LogP contribution in [0.3, 0.4) is 0 Å². The lowest BCUT2D eigenvalue weighted by atomic mass is 10.1. The zero-order chi connectivity index (χ0) is 13.0. The first kappa shape index (κ1) is 12.3. The smallest absolute Gasteiger partial charge is 0.248 e. The summed E-state index contributed by atoms with van der Waals surface area (Å²) in [6, 6.07) is 11.1. The van der Waals surface area contributed by atoms with Crippen molar-refractivity contribution in [2.45, 2.75) is 12.8 Å². The Morgan fingerprint density at radius 3 is 2.72 bits per heavy atom. The van der Waals surface area contributed by atoms with E-state index >= 15 is 0 Å². The van der Waals surface area contributed by atoms with E-state index in [0.29, 0.717) is 10.7 Å². The van der Waals surface area contributed by atoms with Crippen LogP contribution in [0.2, 0.25) is 0 Å². The molecule has 0 saturated heterocycles. The summed E-state index contributed by atoms with van der Waals surface area (Å²) in [6.07, 6.45) is 0. The summed E-state index contributed by atoms with van der Waals surface area (Å²) in [6.45, 7) is 1.84. The van der Waals surface area contributed by atoms with Crippen LogP contribution in [0.15, 0.2) is 35.7 Å². The van der Waals surface area contributed by atoms with E-state index in [4.69, 9.17) is 5.26 Å². The van der Waals surface area contributed by atoms with Crippen LogP contribution in [0, 0.1) is 18.3 Å². The number of thiazole rings is 1. The molecule has 4 nitrogen and oxygen atoms in total. The number of aryl methyl sites for hydroxylation is 1. The number of nitriles is 1. The number of aromatic nitrogens is 1. The van der Waals surface area contributed by atoms with Crippen LogP contribution in [0.25, 0.3) is 0 Å². The summed E-state index contributed by atoms with van der Waals surface area (Å²) in [4.78, 5) is 16.2. The van der Waals surface area contributed by atoms with E-state index in [9.17, 15) is 4.79 Å². The molecule has 1 N–H and O–H groups in total. The monoisotopic (exact) mass is 257 g/mol. The molecular weight excluding hydrogens is 246 g/mol. The van der Waals surface area contributed by atoms with Crippen molar-refractivity contribution < 1.29 is 4.79 Å². The first-order valence-corrected chi connectivity index (χ1v) is 6.26. The summed E-state index contributed by atoms with van der Waals surface area (Å²) in [7, 11) is 0. The minimum atomic E-state index is -0.857. The number of anilines is 1. The summed E-state index contributed by atoms with van der Waals surface area (Å²) in [5, 5.41) is 14.2. The van der Waals surface area contributed by atoms with Gasteiger partial charge in [-0.1, -0.05) is 18.2 Å². The van der Waals surface area contributed by atoms with Gasteiger partial charge in [-0.05, 0) is 19.1 Å². The highest BCUT2D eigenvalue weighted by atomic mass is 32.1. The predicted octanol–water partition coefficient (Wildman–Crippen LogP) is 2.70. The van der Waals surface area contributed by atoms with Gasteiger partial charge < -0.3 is 5.32 Å². The molecule has 2 rings (SSSR count). The average Bonchev–Trinajstić information content (AvgIpc) is 2.78. The highest BCUT2D eigenvalue weighted by Crippen LogP contribution is 2.21. The van der Waals surface area contributed by atoms with E-state index in [1.54, 1.807) is 12.1 Å². The van der Waals surface area contributed by atoms with Crippen molar-refractivity contribution in [1.29, 1.82) is 5.26 Å². The van der Waals surface area contributed by atoms with Gasteiger partial charge in [0.05, 0.1) is 6.07 Å². The molecule has 18 heavy (non-hydrogen) atoms. The largest absolute Gasteiger partial charge is 0.325 e. The third kappa shape index (κ3) is 2.73. The molecule has 0 radical (unpaired) electrons. The van der Waals surface area contributed by atoms with Gasteiger partial charge in [0.2, 0.25) is 5.91 Å². The van der Waals surface area contributed by atoms with Gasteiger partial charge in [-0.25, -0.2) is 4.98 Å². The van der Waals surface area contributed by atoms with Crippen molar-refractivity contribution in [2.24, 2.45) is 0 Å². The Balaban J connectivity index is 2.15. The third-order valence-corrected chi connectivity index (χ3v) is 3.34. The van der Waals surface area contributed by atoms with Crippen molar-refractivity contribution in [3.05, 3.63) is 46.4 Å². The number of hydrogen-bond acceptors (Lipinski definition) is 4. The molecular formula is C13H11N3OS. The number of amides is 1. The Hall–Kier alpha value is -2.19. The molecule has 1 aromatic carbocycles. The van der Waals surface area contributed by atoms with Crippen LogP contribution in [-0.2, 0) is 4.79 Å². The lowest BCUT2D eigenvalue weighted by Crippen LogP contribution is -2.19. The zero-order valence-electron chi connectivity index (χ0n) is 9.75. The number of carbonyl (C=O) groups is 1. The minimum absolute atomic E-state index is 0.349. The second-order valence-electron chi connectivity index (χ2n) is 3.74. The highest BCUT2D eigenvalue weighted by molar-refractivity contribution is 7.09. The molecule has 1 amide bonds. The normalized spacial score (nSPS) is 11.6. The maximum Gasteiger partial charge on any atom is 0.248 e. The van der Waals surface area contributed by atoms with Gasteiger partial charge in [0.15, 0.2) is 5.92 Å². The number of nitrogens with one attached hydrogen (secondary N) is 1.